The van der Waals surface area contributed by atoms with E-state index in [0.717, 1.165) is 23.6 Å². The van der Waals surface area contributed by atoms with Crippen molar-refractivity contribution in [2.75, 3.05) is 5.73 Å². The van der Waals surface area contributed by atoms with E-state index in [9.17, 15) is 13.2 Å². The van der Waals surface area contributed by atoms with Crippen molar-refractivity contribution in [3.8, 4) is 5.69 Å². The summed E-state index contributed by atoms with van der Waals surface area (Å²) in [6.07, 6.45) is -0.801. The van der Waals surface area contributed by atoms with Gasteiger partial charge in [-0.2, -0.15) is 5.10 Å². The number of nitrogens with zero attached hydrogens (tertiary/aromatic N) is 2. The standard InChI is InChI=1S/C13H12F3N3/c14-9-5-8(17)3-4-11(9)19-12(13(15)16)6-10(18-19)7-1-2-7/h3-7,13H,1-2,17H2. The Morgan fingerprint density at radius 1 is 1.26 bits per heavy atom. The zero-order valence-electron chi connectivity index (χ0n) is 9.98. The lowest BCUT2D eigenvalue weighted by Crippen LogP contribution is -2.05. The fourth-order valence-electron chi connectivity index (χ4n) is 2.04. The number of alkyl halides is 2. The zero-order valence-corrected chi connectivity index (χ0v) is 9.98. The SMILES string of the molecule is Nc1ccc(-n2nc(C3CC3)cc2C(F)F)c(F)c1. The number of hydrogen-bond acceptors (Lipinski definition) is 2. The molecule has 3 rings (SSSR count). The van der Waals surface area contributed by atoms with Crippen LogP contribution in [0, 0.1) is 5.82 Å². The maximum Gasteiger partial charge on any atom is 0.280 e. The van der Waals surface area contributed by atoms with Crippen molar-refractivity contribution in [3.05, 3.63) is 41.5 Å². The van der Waals surface area contributed by atoms with Gasteiger partial charge in [-0.1, -0.05) is 0 Å². The van der Waals surface area contributed by atoms with E-state index in [1.165, 1.54) is 18.2 Å². The molecule has 19 heavy (non-hydrogen) atoms. The highest BCUT2D eigenvalue weighted by atomic mass is 19.3. The number of rotatable bonds is 3. The Morgan fingerprint density at radius 3 is 2.58 bits per heavy atom. The van der Waals surface area contributed by atoms with E-state index >= 15 is 0 Å². The molecule has 100 valence electrons. The maximum atomic E-state index is 13.8. The second-order valence-electron chi connectivity index (χ2n) is 4.69. The zero-order chi connectivity index (χ0) is 13.6. The molecule has 1 aromatic heterocycles. The summed E-state index contributed by atoms with van der Waals surface area (Å²) in [5, 5.41) is 4.11. The third-order valence-corrected chi connectivity index (χ3v) is 3.17. The van der Waals surface area contributed by atoms with Gasteiger partial charge in [0.2, 0.25) is 0 Å². The highest BCUT2D eigenvalue weighted by Gasteiger charge is 2.29. The van der Waals surface area contributed by atoms with Gasteiger partial charge in [-0.25, -0.2) is 17.9 Å². The molecule has 0 amide bonds. The van der Waals surface area contributed by atoms with Crippen LogP contribution in [0.1, 0.15) is 36.6 Å². The van der Waals surface area contributed by atoms with Gasteiger partial charge >= 0.3 is 0 Å². The van der Waals surface area contributed by atoms with Crippen molar-refractivity contribution in [1.29, 1.82) is 0 Å². The fourth-order valence-corrected chi connectivity index (χ4v) is 2.04. The van der Waals surface area contributed by atoms with Gasteiger partial charge in [-0.3, -0.25) is 0 Å². The van der Waals surface area contributed by atoms with Crippen LogP contribution in [0.15, 0.2) is 24.3 Å². The average molecular weight is 267 g/mol. The Hall–Kier alpha value is -1.98. The first-order valence-corrected chi connectivity index (χ1v) is 5.99. The summed E-state index contributed by atoms with van der Waals surface area (Å²) in [6.45, 7) is 0. The second kappa shape index (κ2) is 4.29. The number of hydrogen-bond donors (Lipinski definition) is 1. The quantitative estimate of drug-likeness (QED) is 0.866. The lowest BCUT2D eigenvalue weighted by atomic mass is 10.2. The number of nitrogen functional groups attached to an aromatic ring is 1. The van der Waals surface area contributed by atoms with Crippen molar-refractivity contribution in [2.45, 2.75) is 25.2 Å². The third kappa shape index (κ3) is 2.18. The summed E-state index contributed by atoms with van der Waals surface area (Å²) in [5.74, 6) is -0.428. The molecule has 1 saturated carbocycles. The van der Waals surface area contributed by atoms with Gasteiger partial charge in [0.25, 0.3) is 6.43 Å². The van der Waals surface area contributed by atoms with Crippen LogP contribution in [0.4, 0.5) is 18.9 Å². The van der Waals surface area contributed by atoms with E-state index in [1.807, 2.05) is 0 Å². The predicted molar refractivity (Wildman–Crippen MR) is 64.9 cm³/mol. The molecule has 0 bridgehead atoms. The van der Waals surface area contributed by atoms with Crippen LogP contribution >= 0.6 is 0 Å². The Labute approximate surface area is 107 Å². The Bertz CT molecular complexity index is 618. The molecule has 1 aliphatic carbocycles. The molecule has 0 radical (unpaired) electrons. The topological polar surface area (TPSA) is 43.8 Å². The number of benzene rings is 1. The van der Waals surface area contributed by atoms with Crippen LogP contribution in [0.2, 0.25) is 0 Å². The largest absolute Gasteiger partial charge is 0.399 e. The molecule has 1 aromatic carbocycles. The molecule has 1 fully saturated rings. The number of halogens is 3. The molecular weight excluding hydrogens is 255 g/mol. The molecule has 2 aromatic rings. The van der Waals surface area contributed by atoms with Crippen molar-refractivity contribution in [1.82, 2.24) is 9.78 Å². The minimum Gasteiger partial charge on any atom is -0.399 e. The Kier molecular flexibility index (Phi) is 2.73. The van der Waals surface area contributed by atoms with Gasteiger partial charge in [0.1, 0.15) is 11.4 Å². The van der Waals surface area contributed by atoms with Crippen LogP contribution < -0.4 is 5.73 Å². The molecule has 3 nitrogen and oxygen atoms in total. The molecule has 1 aliphatic rings. The lowest BCUT2D eigenvalue weighted by Gasteiger charge is -2.08. The van der Waals surface area contributed by atoms with Crippen molar-refractivity contribution in [3.63, 3.8) is 0 Å². The number of anilines is 1. The molecular formula is C13H12F3N3. The van der Waals surface area contributed by atoms with E-state index in [2.05, 4.69) is 5.10 Å². The fraction of sp³-hybridized carbons (Fsp3) is 0.308. The average Bonchev–Trinajstić information content (AvgIpc) is 3.09. The van der Waals surface area contributed by atoms with E-state index in [4.69, 9.17) is 5.73 Å². The first-order valence-electron chi connectivity index (χ1n) is 5.99. The van der Waals surface area contributed by atoms with Crippen molar-refractivity contribution >= 4 is 5.69 Å². The normalized spacial score (nSPS) is 15.2. The summed E-state index contributed by atoms with van der Waals surface area (Å²) in [4.78, 5) is 0. The van der Waals surface area contributed by atoms with E-state index in [-0.39, 0.29) is 23.0 Å². The van der Waals surface area contributed by atoms with Gasteiger partial charge in [0.05, 0.1) is 5.69 Å². The Balaban J connectivity index is 2.11. The molecule has 6 heteroatoms. The van der Waals surface area contributed by atoms with E-state index in [0.29, 0.717) is 5.69 Å². The minimum atomic E-state index is -2.70. The minimum absolute atomic E-state index is 0.00333. The maximum absolute atomic E-state index is 13.8. The molecule has 0 atom stereocenters. The van der Waals surface area contributed by atoms with Crippen molar-refractivity contribution < 1.29 is 13.2 Å². The highest BCUT2D eigenvalue weighted by Crippen LogP contribution is 2.40. The monoisotopic (exact) mass is 267 g/mol. The van der Waals surface area contributed by atoms with Crippen LogP contribution in [0.5, 0.6) is 0 Å². The number of nitrogens with two attached hydrogens (primary N) is 1. The molecule has 0 saturated heterocycles. The van der Waals surface area contributed by atoms with Gasteiger partial charge in [-0.05, 0) is 37.1 Å². The molecule has 1 heterocycles. The lowest BCUT2D eigenvalue weighted by molar-refractivity contribution is 0.142. The second-order valence-corrected chi connectivity index (χ2v) is 4.69. The van der Waals surface area contributed by atoms with Crippen molar-refractivity contribution in [2.24, 2.45) is 0 Å². The van der Waals surface area contributed by atoms with E-state index < -0.39 is 12.2 Å². The summed E-state index contributed by atoms with van der Waals surface area (Å²) >= 11 is 0. The smallest absolute Gasteiger partial charge is 0.280 e. The number of aromatic nitrogens is 2. The van der Waals surface area contributed by atoms with Crippen LogP contribution in [-0.2, 0) is 0 Å². The highest BCUT2D eigenvalue weighted by molar-refractivity contribution is 5.47. The molecule has 0 unspecified atom stereocenters. The predicted octanol–water partition coefficient (Wildman–Crippen LogP) is 3.41. The summed E-state index contributed by atoms with van der Waals surface area (Å²) in [5.41, 5.74) is 6.01. The van der Waals surface area contributed by atoms with Gasteiger partial charge < -0.3 is 5.73 Å². The molecule has 0 spiro atoms. The first kappa shape index (κ1) is 12.1. The Morgan fingerprint density at radius 2 is 2.00 bits per heavy atom. The third-order valence-electron chi connectivity index (χ3n) is 3.17. The summed E-state index contributed by atoms with van der Waals surface area (Å²) in [6, 6.07) is 5.29. The van der Waals surface area contributed by atoms with Crippen LogP contribution in [0.3, 0.4) is 0 Å². The van der Waals surface area contributed by atoms with Gasteiger partial charge in [0, 0.05) is 11.6 Å². The molecule has 2 N–H and O–H groups in total. The van der Waals surface area contributed by atoms with E-state index in [1.54, 1.807) is 0 Å². The van der Waals surface area contributed by atoms with Gasteiger partial charge in [0.15, 0.2) is 5.82 Å². The van der Waals surface area contributed by atoms with Crippen LogP contribution in [-0.4, -0.2) is 9.78 Å². The van der Waals surface area contributed by atoms with Crippen LogP contribution in [0.25, 0.3) is 5.69 Å². The van der Waals surface area contributed by atoms with Gasteiger partial charge in [-0.15, -0.1) is 0 Å². The summed E-state index contributed by atoms with van der Waals surface area (Å²) in [7, 11) is 0. The first-order chi connectivity index (χ1) is 9.06. The molecule has 0 aliphatic heterocycles. The summed E-state index contributed by atoms with van der Waals surface area (Å²) < 4.78 is 40.8.